The molecule has 1 heterocycles. The molecule has 2 aromatic carbocycles. The molecule has 2 aliphatic carbocycles. The van der Waals surface area contributed by atoms with Gasteiger partial charge in [-0.3, -0.25) is 9.80 Å². The van der Waals surface area contributed by atoms with Crippen LogP contribution in [0.1, 0.15) is 89.2 Å². The first-order valence-corrected chi connectivity index (χ1v) is 20.3. The minimum absolute atomic E-state index is 0.0507. The van der Waals surface area contributed by atoms with E-state index in [1.807, 2.05) is 0 Å². The monoisotopic (exact) mass is 568 g/mol. The van der Waals surface area contributed by atoms with Crippen molar-refractivity contribution in [2.24, 2.45) is 16.8 Å². The van der Waals surface area contributed by atoms with Crippen molar-refractivity contribution < 1.29 is 4.65 Å². The third-order valence-electron chi connectivity index (χ3n) is 9.94. The Balaban J connectivity index is 1.63. The minimum atomic E-state index is -1.42. The van der Waals surface area contributed by atoms with Gasteiger partial charge in [0.1, 0.15) is 5.76 Å². The molecule has 0 bridgehead atoms. The highest BCUT2D eigenvalue weighted by molar-refractivity contribution is 6.85. The predicted molar refractivity (Wildman–Crippen MR) is 180 cm³/mol. The van der Waals surface area contributed by atoms with E-state index in [0.29, 0.717) is 18.0 Å². The number of hydrogen-bond acceptors (Lipinski definition) is 3. The fourth-order valence-electron chi connectivity index (χ4n) is 7.61. The van der Waals surface area contributed by atoms with Crippen LogP contribution in [0, 0.1) is 11.8 Å². The summed E-state index contributed by atoms with van der Waals surface area (Å²) >= 11 is 0. The molecular formula is C36H53BN2OSi. The standard InChI is InChI=1S/C36H53BN2OSi/c1-28(30-18-10-6-11-19-30)38-26-34-36(35(32-22-14-8-15-23-32)33-24-16-9-17-25-33)40-37(27-41(3,4)5)39(34)29(2)31-20-12-7-13-21-31/h8-9,14-17,22-26,28-31,34H,6-7,10-13,18-21,27H2,1-5H3/t28-,29-,34?/m0/s1. The fraction of sp³-hybridized carbons (Fsp3) is 0.583. The van der Waals surface area contributed by atoms with Gasteiger partial charge in [0.25, 0.3) is 0 Å². The maximum absolute atomic E-state index is 7.27. The molecule has 0 amide bonds. The van der Waals surface area contributed by atoms with Crippen LogP contribution in [0.2, 0.25) is 25.6 Å². The Kier molecular flexibility index (Phi) is 10.3. The van der Waals surface area contributed by atoms with Crippen LogP contribution in [-0.2, 0) is 4.65 Å². The summed E-state index contributed by atoms with van der Waals surface area (Å²) in [5.74, 6) is 3.67. The lowest BCUT2D eigenvalue weighted by molar-refractivity contribution is 0.204. The van der Waals surface area contributed by atoms with E-state index in [-0.39, 0.29) is 13.1 Å². The Labute approximate surface area is 252 Å². The van der Waals surface area contributed by atoms with E-state index in [9.17, 15) is 0 Å². The first kappa shape index (κ1) is 30.4. The van der Waals surface area contributed by atoms with Gasteiger partial charge in [0, 0.05) is 31.9 Å². The Bertz CT molecular complexity index is 1110. The first-order chi connectivity index (χ1) is 19.8. The molecule has 2 aromatic rings. The summed E-state index contributed by atoms with van der Waals surface area (Å²) < 4.78 is 7.27. The molecular weight excluding hydrogens is 515 g/mol. The number of rotatable bonds is 9. The van der Waals surface area contributed by atoms with Gasteiger partial charge < -0.3 is 4.65 Å². The summed E-state index contributed by atoms with van der Waals surface area (Å²) in [6.07, 6.45) is 15.9. The van der Waals surface area contributed by atoms with Gasteiger partial charge in [-0.1, -0.05) is 126 Å². The molecule has 1 saturated heterocycles. The topological polar surface area (TPSA) is 24.8 Å². The lowest BCUT2D eigenvalue weighted by Crippen LogP contribution is -2.52. The Morgan fingerprint density at radius 3 is 1.85 bits per heavy atom. The third-order valence-corrected chi connectivity index (χ3v) is 11.5. The van der Waals surface area contributed by atoms with Gasteiger partial charge in [-0.05, 0) is 61.5 Å². The molecule has 1 aliphatic heterocycles. The average molecular weight is 569 g/mol. The van der Waals surface area contributed by atoms with Gasteiger partial charge in [-0.25, -0.2) is 0 Å². The second-order valence-corrected chi connectivity index (χ2v) is 19.8. The van der Waals surface area contributed by atoms with Crippen molar-refractivity contribution >= 4 is 26.9 Å². The molecule has 41 heavy (non-hydrogen) atoms. The number of hydrogen-bond donors (Lipinski definition) is 0. The van der Waals surface area contributed by atoms with Crippen molar-refractivity contribution in [3.05, 3.63) is 77.5 Å². The van der Waals surface area contributed by atoms with E-state index in [0.717, 1.165) is 17.6 Å². The summed E-state index contributed by atoms with van der Waals surface area (Å²) in [6, 6.07) is 22.7. The van der Waals surface area contributed by atoms with Crippen molar-refractivity contribution in [2.45, 2.75) is 122 Å². The maximum atomic E-state index is 7.27. The van der Waals surface area contributed by atoms with Crippen molar-refractivity contribution in [1.29, 1.82) is 0 Å². The summed E-state index contributed by atoms with van der Waals surface area (Å²) in [5, 5.41) is 0. The minimum Gasteiger partial charge on any atom is -0.547 e. The maximum Gasteiger partial charge on any atom is 0.447 e. The average Bonchev–Trinajstić information content (AvgIpc) is 3.33. The van der Waals surface area contributed by atoms with Gasteiger partial charge >= 0.3 is 7.05 Å². The number of aliphatic imine (C=N–C) groups is 1. The molecule has 0 radical (unpaired) electrons. The highest BCUT2D eigenvalue weighted by Crippen LogP contribution is 2.41. The molecule has 3 nitrogen and oxygen atoms in total. The summed E-state index contributed by atoms with van der Waals surface area (Å²) in [4.78, 5) is 8.16. The summed E-state index contributed by atoms with van der Waals surface area (Å²) in [5.41, 5.74) is 3.68. The highest BCUT2D eigenvalue weighted by Gasteiger charge is 2.49. The van der Waals surface area contributed by atoms with E-state index in [2.05, 4.69) is 105 Å². The zero-order chi connectivity index (χ0) is 28.8. The number of benzene rings is 2. The highest BCUT2D eigenvalue weighted by atomic mass is 28.3. The zero-order valence-electron chi connectivity index (χ0n) is 26.4. The Morgan fingerprint density at radius 1 is 0.829 bits per heavy atom. The van der Waals surface area contributed by atoms with Gasteiger partial charge in [0.2, 0.25) is 0 Å². The van der Waals surface area contributed by atoms with Gasteiger partial charge in [0.15, 0.2) is 0 Å². The third kappa shape index (κ3) is 7.65. The van der Waals surface area contributed by atoms with Gasteiger partial charge in [0.05, 0.1) is 6.04 Å². The molecule has 0 N–H and O–H groups in total. The van der Waals surface area contributed by atoms with Crippen LogP contribution in [-0.4, -0.2) is 44.3 Å². The Hall–Kier alpha value is -2.11. The lowest BCUT2D eigenvalue weighted by Gasteiger charge is -2.38. The lowest BCUT2D eigenvalue weighted by atomic mass is 9.76. The first-order valence-electron chi connectivity index (χ1n) is 16.6. The van der Waals surface area contributed by atoms with Crippen LogP contribution in [0.5, 0.6) is 0 Å². The zero-order valence-corrected chi connectivity index (χ0v) is 27.4. The molecule has 3 fully saturated rings. The van der Waals surface area contributed by atoms with E-state index in [1.165, 1.54) is 80.9 Å². The van der Waals surface area contributed by atoms with Crippen LogP contribution in [0.4, 0.5) is 0 Å². The van der Waals surface area contributed by atoms with Crippen LogP contribution >= 0.6 is 0 Å². The molecule has 1 unspecified atom stereocenters. The van der Waals surface area contributed by atoms with E-state index in [1.54, 1.807) is 0 Å². The molecule has 0 aromatic heterocycles. The van der Waals surface area contributed by atoms with Crippen molar-refractivity contribution in [1.82, 2.24) is 4.81 Å². The van der Waals surface area contributed by atoms with Crippen LogP contribution in [0.25, 0.3) is 5.57 Å². The predicted octanol–water partition coefficient (Wildman–Crippen LogP) is 9.52. The van der Waals surface area contributed by atoms with E-state index in [4.69, 9.17) is 9.65 Å². The Morgan fingerprint density at radius 2 is 1.34 bits per heavy atom. The summed E-state index contributed by atoms with van der Waals surface area (Å²) in [6.45, 7) is 12.3. The van der Waals surface area contributed by atoms with Crippen LogP contribution in [0.3, 0.4) is 0 Å². The number of nitrogens with zero attached hydrogens (tertiary/aromatic N) is 2. The molecule has 3 aliphatic rings. The molecule has 5 heteroatoms. The van der Waals surface area contributed by atoms with Crippen molar-refractivity contribution in [3.63, 3.8) is 0 Å². The molecule has 0 spiro atoms. The smallest absolute Gasteiger partial charge is 0.447 e. The SMILES string of the molecule is C[C@H](N=CC1C(=C(c2ccccc2)c2ccccc2)OB(C[Si](C)(C)C)N1[C@@H](C)C1CCCCC1)C1CCCCC1. The second kappa shape index (κ2) is 13.9. The normalized spacial score (nSPS) is 23.1. The molecule has 3 atom stereocenters. The van der Waals surface area contributed by atoms with E-state index < -0.39 is 8.07 Å². The van der Waals surface area contributed by atoms with Crippen LogP contribution < -0.4 is 0 Å². The van der Waals surface area contributed by atoms with Gasteiger partial charge in [-0.15, -0.1) is 0 Å². The van der Waals surface area contributed by atoms with Crippen molar-refractivity contribution in [3.8, 4) is 0 Å². The fourth-order valence-corrected chi connectivity index (χ4v) is 8.95. The van der Waals surface area contributed by atoms with Crippen LogP contribution in [0.15, 0.2) is 71.4 Å². The van der Waals surface area contributed by atoms with E-state index >= 15 is 0 Å². The molecule has 2 saturated carbocycles. The molecule has 5 rings (SSSR count). The molecule has 220 valence electrons. The largest absolute Gasteiger partial charge is 0.547 e. The van der Waals surface area contributed by atoms with Crippen molar-refractivity contribution in [2.75, 3.05) is 0 Å². The summed E-state index contributed by atoms with van der Waals surface area (Å²) in [7, 11) is -1.32. The van der Waals surface area contributed by atoms with Gasteiger partial charge in [-0.2, -0.15) is 0 Å². The second-order valence-electron chi connectivity index (χ2n) is 14.3. The quantitative estimate of drug-likeness (QED) is 0.222.